The van der Waals surface area contributed by atoms with Crippen molar-refractivity contribution in [3.05, 3.63) is 53.1 Å². The summed E-state index contributed by atoms with van der Waals surface area (Å²) in [7, 11) is 2.00. The van der Waals surface area contributed by atoms with Crippen molar-refractivity contribution >= 4 is 6.03 Å². The molecule has 1 fully saturated rings. The molecule has 1 N–H and O–H groups in total. The number of likely N-dealkylation sites (tertiary alicyclic amines) is 1. The van der Waals surface area contributed by atoms with Crippen molar-refractivity contribution in [2.75, 3.05) is 19.9 Å². The van der Waals surface area contributed by atoms with Crippen LogP contribution in [0, 0.1) is 5.82 Å². The number of nitrogens with one attached hydrogen (secondary N) is 1. The minimum Gasteiger partial charge on any atom is -0.467 e. The Morgan fingerprint density at radius 3 is 3.11 bits per heavy atom. The molecule has 1 atom stereocenters. The van der Waals surface area contributed by atoms with Gasteiger partial charge in [0.15, 0.2) is 6.79 Å². The Morgan fingerprint density at radius 2 is 2.30 bits per heavy atom. The van der Waals surface area contributed by atoms with Gasteiger partial charge in [0, 0.05) is 37.6 Å². The molecule has 144 valence electrons. The molecular formula is C20H24FN3O3. The van der Waals surface area contributed by atoms with Crippen LogP contribution in [0.15, 0.2) is 30.5 Å². The fourth-order valence-corrected chi connectivity index (χ4v) is 3.99. The predicted molar refractivity (Wildman–Crippen MR) is 97.9 cm³/mol. The lowest BCUT2D eigenvalue weighted by molar-refractivity contribution is -0.0172. The number of carbonyl (C=O) groups is 1. The van der Waals surface area contributed by atoms with Crippen LogP contribution >= 0.6 is 0 Å². The van der Waals surface area contributed by atoms with Gasteiger partial charge in [0.05, 0.1) is 12.6 Å². The van der Waals surface area contributed by atoms with E-state index < -0.39 is 0 Å². The highest BCUT2D eigenvalue weighted by Crippen LogP contribution is 2.32. The van der Waals surface area contributed by atoms with E-state index >= 15 is 0 Å². The van der Waals surface area contributed by atoms with Gasteiger partial charge in [0.1, 0.15) is 11.6 Å². The first-order valence-corrected chi connectivity index (χ1v) is 9.31. The average molecular weight is 373 g/mol. The number of urea groups is 1. The van der Waals surface area contributed by atoms with Gasteiger partial charge in [0.25, 0.3) is 0 Å². The second kappa shape index (κ2) is 7.60. The summed E-state index contributed by atoms with van der Waals surface area (Å²) < 4.78 is 26.6. The van der Waals surface area contributed by atoms with Crippen molar-refractivity contribution in [1.82, 2.24) is 14.8 Å². The maximum absolute atomic E-state index is 13.8. The Morgan fingerprint density at radius 1 is 1.41 bits per heavy atom. The number of rotatable bonds is 4. The third kappa shape index (κ3) is 3.64. The second-order valence-electron chi connectivity index (χ2n) is 7.04. The molecule has 1 aromatic carbocycles. The molecule has 0 aliphatic carbocycles. The van der Waals surface area contributed by atoms with Crippen molar-refractivity contribution in [2.24, 2.45) is 7.05 Å². The Kier molecular flexibility index (Phi) is 5.03. The summed E-state index contributed by atoms with van der Waals surface area (Å²) in [5.41, 5.74) is 2.62. The first-order valence-electron chi connectivity index (χ1n) is 9.31. The lowest BCUT2D eigenvalue weighted by atomic mass is 10.1. The van der Waals surface area contributed by atoms with Crippen molar-refractivity contribution < 1.29 is 18.7 Å². The minimum atomic E-state index is -0.313. The molecule has 2 amide bonds. The van der Waals surface area contributed by atoms with Gasteiger partial charge in [-0.3, -0.25) is 0 Å². The molecule has 1 unspecified atom stereocenters. The highest BCUT2D eigenvalue weighted by molar-refractivity contribution is 5.75. The van der Waals surface area contributed by atoms with Gasteiger partial charge >= 0.3 is 6.03 Å². The van der Waals surface area contributed by atoms with E-state index in [4.69, 9.17) is 9.47 Å². The van der Waals surface area contributed by atoms with Gasteiger partial charge in [-0.1, -0.05) is 0 Å². The molecule has 2 aliphatic heterocycles. The summed E-state index contributed by atoms with van der Waals surface area (Å²) in [5, 5.41) is 2.98. The van der Waals surface area contributed by atoms with Crippen LogP contribution in [-0.4, -0.2) is 35.4 Å². The molecule has 1 saturated heterocycles. The molecular weight excluding hydrogens is 349 g/mol. The van der Waals surface area contributed by atoms with E-state index in [9.17, 15) is 9.18 Å². The second-order valence-corrected chi connectivity index (χ2v) is 7.04. The lowest BCUT2D eigenvalue weighted by Gasteiger charge is -2.26. The zero-order chi connectivity index (χ0) is 18.8. The molecule has 3 heterocycles. The zero-order valence-corrected chi connectivity index (χ0v) is 15.4. The summed E-state index contributed by atoms with van der Waals surface area (Å²) in [6, 6.07) is 7.00. The van der Waals surface area contributed by atoms with Gasteiger partial charge < -0.3 is 24.3 Å². The number of ether oxygens (including phenoxy) is 2. The average Bonchev–Trinajstić information content (AvgIpc) is 3.29. The molecule has 1 aromatic heterocycles. The van der Waals surface area contributed by atoms with Crippen LogP contribution in [0.1, 0.15) is 35.7 Å². The topological polar surface area (TPSA) is 55.7 Å². The number of hydrogen-bond donors (Lipinski definition) is 1. The van der Waals surface area contributed by atoms with Crippen LogP contribution in [-0.2, 0) is 24.8 Å². The van der Waals surface area contributed by atoms with E-state index in [1.165, 1.54) is 12.1 Å². The highest BCUT2D eigenvalue weighted by atomic mass is 19.1. The van der Waals surface area contributed by atoms with Gasteiger partial charge in [-0.15, -0.1) is 0 Å². The maximum atomic E-state index is 13.8. The summed E-state index contributed by atoms with van der Waals surface area (Å²) >= 11 is 0. The fraction of sp³-hybridized carbons (Fsp3) is 0.450. The molecule has 0 spiro atoms. The molecule has 0 saturated carbocycles. The zero-order valence-electron chi connectivity index (χ0n) is 15.4. The van der Waals surface area contributed by atoms with E-state index in [1.807, 2.05) is 24.2 Å². The molecule has 0 bridgehead atoms. The molecule has 2 aromatic rings. The van der Waals surface area contributed by atoms with E-state index in [1.54, 1.807) is 0 Å². The fourth-order valence-electron chi connectivity index (χ4n) is 3.99. The number of aromatic nitrogens is 1. The minimum absolute atomic E-state index is 0.0757. The van der Waals surface area contributed by atoms with Gasteiger partial charge in [-0.2, -0.15) is 0 Å². The third-order valence-corrected chi connectivity index (χ3v) is 5.26. The van der Waals surface area contributed by atoms with Gasteiger partial charge in [0.2, 0.25) is 0 Å². The van der Waals surface area contributed by atoms with Crippen molar-refractivity contribution in [3.8, 4) is 5.75 Å². The number of fused-ring (bicyclic) bond motifs is 1. The van der Waals surface area contributed by atoms with Crippen LogP contribution in [0.25, 0.3) is 0 Å². The quantitative estimate of drug-likeness (QED) is 0.896. The SMILES string of the molecule is Cn1cccc1C1CCCN1C(=O)NCCc1cc(F)cc2c1OCOC2. The molecule has 0 radical (unpaired) electrons. The van der Waals surface area contributed by atoms with Crippen molar-refractivity contribution in [1.29, 1.82) is 0 Å². The van der Waals surface area contributed by atoms with Crippen LogP contribution in [0.5, 0.6) is 5.75 Å². The largest absolute Gasteiger partial charge is 0.467 e. The number of amides is 2. The van der Waals surface area contributed by atoms with Crippen molar-refractivity contribution in [3.63, 3.8) is 0 Å². The molecule has 6 nitrogen and oxygen atoms in total. The van der Waals surface area contributed by atoms with E-state index in [2.05, 4.69) is 16.0 Å². The van der Waals surface area contributed by atoms with E-state index in [0.29, 0.717) is 30.9 Å². The lowest BCUT2D eigenvalue weighted by Crippen LogP contribution is -2.40. The number of hydrogen-bond acceptors (Lipinski definition) is 3. The predicted octanol–water partition coefficient (Wildman–Crippen LogP) is 3.12. The Hall–Kier alpha value is -2.54. The molecule has 2 aliphatic rings. The smallest absolute Gasteiger partial charge is 0.317 e. The Balaban J connectivity index is 1.39. The summed E-state index contributed by atoms with van der Waals surface area (Å²) in [4.78, 5) is 14.6. The molecule has 27 heavy (non-hydrogen) atoms. The normalized spacial score (nSPS) is 18.9. The Bertz CT molecular complexity index is 836. The van der Waals surface area contributed by atoms with Gasteiger partial charge in [-0.05, 0) is 49.1 Å². The molecule has 7 heteroatoms. The first-order chi connectivity index (χ1) is 13.1. The van der Waals surface area contributed by atoms with E-state index in [-0.39, 0.29) is 24.7 Å². The number of benzene rings is 1. The van der Waals surface area contributed by atoms with Crippen LogP contribution in [0.3, 0.4) is 0 Å². The standard InChI is InChI=1S/C20H24FN3O3/c1-23-8-2-4-17(23)18-5-3-9-24(18)20(25)22-7-6-14-10-16(21)11-15-12-26-13-27-19(14)15/h2,4,8,10-11,18H,3,5-7,9,12-13H2,1H3,(H,22,25). The van der Waals surface area contributed by atoms with Crippen molar-refractivity contribution in [2.45, 2.75) is 31.9 Å². The van der Waals surface area contributed by atoms with Crippen LogP contribution in [0.2, 0.25) is 0 Å². The highest BCUT2D eigenvalue weighted by Gasteiger charge is 2.31. The first kappa shape index (κ1) is 17.9. The van der Waals surface area contributed by atoms with E-state index in [0.717, 1.165) is 30.6 Å². The molecule has 4 rings (SSSR count). The van der Waals surface area contributed by atoms with Crippen LogP contribution in [0.4, 0.5) is 9.18 Å². The monoisotopic (exact) mass is 373 g/mol. The maximum Gasteiger partial charge on any atom is 0.317 e. The van der Waals surface area contributed by atoms with Gasteiger partial charge in [-0.25, -0.2) is 9.18 Å². The Labute approximate surface area is 157 Å². The number of carbonyl (C=O) groups excluding carboxylic acids is 1. The summed E-state index contributed by atoms with van der Waals surface area (Å²) in [6.07, 6.45) is 4.47. The number of aryl methyl sites for hydroxylation is 1. The number of nitrogens with zero attached hydrogens (tertiary/aromatic N) is 2. The summed E-state index contributed by atoms with van der Waals surface area (Å²) in [5.74, 6) is 0.368. The third-order valence-electron chi connectivity index (χ3n) is 5.26. The number of halogens is 1. The summed E-state index contributed by atoms with van der Waals surface area (Å²) in [6.45, 7) is 1.69. The van der Waals surface area contributed by atoms with Crippen LogP contribution < -0.4 is 10.1 Å².